The molecular formula is C30H38BrN7O4S. The number of ether oxygens (including phenoxy) is 2. The number of nitrogens with one attached hydrogen (secondary N) is 3. The van der Waals surface area contributed by atoms with E-state index in [-0.39, 0.29) is 4.90 Å². The summed E-state index contributed by atoms with van der Waals surface area (Å²) in [5.41, 5.74) is 2.33. The summed E-state index contributed by atoms with van der Waals surface area (Å²) in [6.45, 7) is 6.42. The zero-order valence-electron chi connectivity index (χ0n) is 24.3. The lowest BCUT2D eigenvalue weighted by Crippen LogP contribution is -2.49. The van der Waals surface area contributed by atoms with Crippen LogP contribution in [0.4, 0.5) is 28.8 Å². The molecule has 2 aromatic carbocycles. The van der Waals surface area contributed by atoms with Gasteiger partial charge in [-0.05, 0) is 78.8 Å². The van der Waals surface area contributed by atoms with E-state index < -0.39 is 10.0 Å². The van der Waals surface area contributed by atoms with Gasteiger partial charge >= 0.3 is 0 Å². The van der Waals surface area contributed by atoms with E-state index in [0.717, 1.165) is 69.4 Å². The molecule has 3 fully saturated rings. The molecule has 11 nitrogen and oxygen atoms in total. The van der Waals surface area contributed by atoms with Crippen molar-refractivity contribution in [3.05, 3.63) is 53.1 Å². The zero-order valence-corrected chi connectivity index (χ0v) is 26.7. The highest BCUT2D eigenvalue weighted by Gasteiger charge is 2.27. The van der Waals surface area contributed by atoms with Crippen molar-refractivity contribution in [2.24, 2.45) is 5.92 Å². The molecule has 0 radical (unpaired) electrons. The summed E-state index contributed by atoms with van der Waals surface area (Å²) in [6, 6.07) is 13.6. The number of aromatic nitrogens is 2. The number of sulfonamides is 1. The number of hydrogen-bond donors (Lipinski definition) is 3. The van der Waals surface area contributed by atoms with E-state index in [1.165, 1.54) is 19.9 Å². The molecule has 3 heterocycles. The van der Waals surface area contributed by atoms with Gasteiger partial charge in [0.2, 0.25) is 16.0 Å². The van der Waals surface area contributed by atoms with E-state index >= 15 is 0 Å². The molecular weight excluding hydrogens is 634 g/mol. The van der Waals surface area contributed by atoms with Crippen molar-refractivity contribution >= 4 is 54.8 Å². The fourth-order valence-corrected chi connectivity index (χ4v) is 6.71. The van der Waals surface area contributed by atoms with Gasteiger partial charge < -0.3 is 25.0 Å². The Morgan fingerprint density at radius 3 is 2.51 bits per heavy atom. The molecule has 2 saturated heterocycles. The molecule has 0 unspecified atom stereocenters. The zero-order chi connectivity index (χ0) is 29.8. The number of nitrogens with zero attached hydrogens (tertiary/aromatic N) is 4. The van der Waals surface area contributed by atoms with E-state index in [2.05, 4.69) is 63.2 Å². The molecule has 0 bridgehead atoms. The Balaban J connectivity index is 1.19. The summed E-state index contributed by atoms with van der Waals surface area (Å²) >= 11 is 3.49. The monoisotopic (exact) mass is 671 g/mol. The van der Waals surface area contributed by atoms with Crippen LogP contribution in [0, 0.1) is 5.92 Å². The van der Waals surface area contributed by atoms with Crippen molar-refractivity contribution < 1.29 is 17.9 Å². The second-order valence-corrected chi connectivity index (χ2v) is 13.9. The minimum Gasteiger partial charge on any atom is -0.491 e. The van der Waals surface area contributed by atoms with Gasteiger partial charge in [-0.2, -0.15) is 4.98 Å². The second-order valence-electron chi connectivity index (χ2n) is 11.1. The highest BCUT2D eigenvalue weighted by Crippen LogP contribution is 2.37. The van der Waals surface area contributed by atoms with Gasteiger partial charge in [0, 0.05) is 50.2 Å². The molecule has 43 heavy (non-hydrogen) atoms. The summed E-state index contributed by atoms with van der Waals surface area (Å²) in [4.78, 5) is 14.3. The van der Waals surface area contributed by atoms with Gasteiger partial charge in [0.15, 0.2) is 0 Å². The molecule has 0 spiro atoms. The van der Waals surface area contributed by atoms with Gasteiger partial charge in [-0.25, -0.2) is 18.1 Å². The average molecular weight is 673 g/mol. The number of benzene rings is 2. The number of anilines is 5. The Labute approximate surface area is 261 Å². The summed E-state index contributed by atoms with van der Waals surface area (Å²) in [5, 5.41) is 6.47. The maximum absolute atomic E-state index is 12.6. The minimum atomic E-state index is -3.67. The lowest BCUT2D eigenvalue weighted by atomic mass is 10.0. The third kappa shape index (κ3) is 7.40. The molecule has 3 aliphatic rings. The fourth-order valence-electron chi connectivity index (χ4n) is 5.53. The first-order chi connectivity index (χ1) is 20.9. The molecule has 3 N–H and O–H groups in total. The predicted octanol–water partition coefficient (Wildman–Crippen LogP) is 4.72. The van der Waals surface area contributed by atoms with Gasteiger partial charge in [-0.1, -0.05) is 12.1 Å². The van der Waals surface area contributed by atoms with Crippen LogP contribution in [0.3, 0.4) is 0 Å². The van der Waals surface area contributed by atoms with Crippen LogP contribution < -0.4 is 25.0 Å². The maximum Gasteiger partial charge on any atom is 0.242 e. The normalized spacial score (nSPS) is 18.4. The second kappa shape index (κ2) is 13.3. The van der Waals surface area contributed by atoms with Crippen molar-refractivity contribution in [1.82, 2.24) is 19.6 Å². The molecule has 1 saturated carbocycles. The Kier molecular flexibility index (Phi) is 9.34. The first-order valence-electron chi connectivity index (χ1n) is 14.8. The molecule has 1 aliphatic carbocycles. The van der Waals surface area contributed by atoms with Gasteiger partial charge in [0.25, 0.3) is 0 Å². The van der Waals surface area contributed by atoms with Crippen molar-refractivity contribution in [2.75, 3.05) is 68.6 Å². The Morgan fingerprint density at radius 2 is 1.77 bits per heavy atom. The van der Waals surface area contributed by atoms with E-state index in [1.54, 1.807) is 30.5 Å². The lowest BCUT2D eigenvalue weighted by Gasteiger charge is -2.41. The molecule has 1 aromatic heterocycles. The van der Waals surface area contributed by atoms with Crippen LogP contribution in [0.2, 0.25) is 0 Å². The molecule has 230 valence electrons. The largest absolute Gasteiger partial charge is 0.491 e. The number of morpholine rings is 1. The molecule has 13 heteroatoms. The highest BCUT2D eigenvalue weighted by atomic mass is 79.9. The summed E-state index contributed by atoms with van der Waals surface area (Å²) in [7, 11) is -2.29. The molecule has 0 atom stereocenters. The third-order valence-electron chi connectivity index (χ3n) is 8.22. The standard InChI is InChI=1S/C30H38BrN7O4S/c1-32-43(39,40)28-5-3-2-4-26(28)34-29-24(31)19-33-30(36-29)35-25-9-8-23(18-27(25)42-20-21-6-7-21)37-12-10-22(11-13-37)38-14-16-41-17-15-38/h2-5,8-9,18-19,21-22,32H,6-7,10-17,20H2,1H3,(H2,33,34,35,36). The smallest absolute Gasteiger partial charge is 0.242 e. The number of piperidine rings is 1. The van der Waals surface area contributed by atoms with Gasteiger partial charge in [0.1, 0.15) is 16.5 Å². The topological polar surface area (TPSA) is 121 Å². The minimum absolute atomic E-state index is 0.123. The van der Waals surface area contributed by atoms with Crippen molar-refractivity contribution in [3.63, 3.8) is 0 Å². The SMILES string of the molecule is CNS(=O)(=O)c1ccccc1Nc1nc(Nc2ccc(N3CCC(N4CCOCC4)CC3)cc2OCC2CC2)ncc1Br. The van der Waals surface area contributed by atoms with Crippen molar-refractivity contribution in [2.45, 2.75) is 36.6 Å². The number of rotatable bonds is 11. The van der Waals surface area contributed by atoms with Crippen LogP contribution in [0.1, 0.15) is 25.7 Å². The lowest BCUT2D eigenvalue weighted by molar-refractivity contribution is 0.0115. The molecule has 3 aromatic rings. The van der Waals surface area contributed by atoms with Crippen LogP contribution in [0.25, 0.3) is 0 Å². The summed E-state index contributed by atoms with van der Waals surface area (Å²) in [6.07, 6.45) is 6.31. The van der Waals surface area contributed by atoms with Crippen LogP contribution in [-0.4, -0.2) is 82.4 Å². The average Bonchev–Trinajstić information content (AvgIpc) is 3.88. The van der Waals surface area contributed by atoms with E-state index in [4.69, 9.17) is 9.47 Å². The van der Waals surface area contributed by atoms with Crippen molar-refractivity contribution in [1.29, 1.82) is 0 Å². The first-order valence-corrected chi connectivity index (χ1v) is 17.1. The quantitative estimate of drug-likeness (QED) is 0.264. The highest BCUT2D eigenvalue weighted by molar-refractivity contribution is 9.10. The third-order valence-corrected chi connectivity index (χ3v) is 10.3. The molecule has 2 aliphatic heterocycles. The number of hydrogen-bond acceptors (Lipinski definition) is 10. The molecule has 6 rings (SSSR count). The van der Waals surface area contributed by atoms with Crippen LogP contribution >= 0.6 is 15.9 Å². The van der Waals surface area contributed by atoms with E-state index in [0.29, 0.717) is 40.5 Å². The van der Waals surface area contributed by atoms with Crippen LogP contribution in [-0.2, 0) is 14.8 Å². The maximum atomic E-state index is 12.6. The van der Waals surface area contributed by atoms with E-state index in [9.17, 15) is 8.42 Å². The number of halogens is 1. The Hall–Kier alpha value is -2.97. The van der Waals surface area contributed by atoms with Crippen LogP contribution in [0.15, 0.2) is 58.0 Å². The van der Waals surface area contributed by atoms with Crippen LogP contribution in [0.5, 0.6) is 5.75 Å². The van der Waals surface area contributed by atoms with E-state index in [1.807, 2.05) is 6.07 Å². The van der Waals surface area contributed by atoms with Gasteiger partial charge in [0.05, 0.1) is 35.7 Å². The predicted molar refractivity (Wildman–Crippen MR) is 171 cm³/mol. The summed E-state index contributed by atoms with van der Waals surface area (Å²) < 4.78 is 39.9. The first kappa shape index (κ1) is 30.1. The Bertz CT molecular complexity index is 1520. The van der Waals surface area contributed by atoms with Crippen molar-refractivity contribution in [3.8, 4) is 5.75 Å². The Morgan fingerprint density at radius 1 is 1.00 bits per heavy atom. The summed E-state index contributed by atoms with van der Waals surface area (Å²) in [5.74, 6) is 2.16. The van der Waals surface area contributed by atoms with Gasteiger partial charge in [-0.15, -0.1) is 0 Å². The number of para-hydroxylation sites is 1. The fraction of sp³-hybridized carbons (Fsp3) is 0.467. The van der Waals surface area contributed by atoms with Gasteiger partial charge in [-0.3, -0.25) is 4.90 Å². The molecule has 0 amide bonds.